The summed E-state index contributed by atoms with van der Waals surface area (Å²) in [6, 6.07) is 13.4. The van der Waals surface area contributed by atoms with Crippen LogP contribution in [0.1, 0.15) is 58.1 Å². The lowest BCUT2D eigenvalue weighted by Crippen LogP contribution is -2.41. The number of carboxylic acid groups (broad SMARTS) is 1. The van der Waals surface area contributed by atoms with Crippen LogP contribution in [0.15, 0.2) is 55.1 Å². The zero-order valence-electron chi connectivity index (χ0n) is 20.1. The third kappa shape index (κ3) is 4.76. The van der Waals surface area contributed by atoms with Gasteiger partial charge in [-0.05, 0) is 75.2 Å². The molecule has 1 fully saturated rings. The van der Waals surface area contributed by atoms with E-state index in [1.165, 1.54) is 5.56 Å². The highest BCUT2D eigenvalue weighted by atomic mass is 16.5. The SMILES string of the molecule is CC(C)N(C)C(C)C(c1ccc2cc(OCC3(C(=O)O)CCCC3)ccc2c1)n1ccnc1. The van der Waals surface area contributed by atoms with Crippen molar-refractivity contribution in [3.8, 4) is 5.75 Å². The van der Waals surface area contributed by atoms with E-state index in [4.69, 9.17) is 4.74 Å². The lowest BCUT2D eigenvalue weighted by Gasteiger charge is -2.35. The third-order valence-electron chi connectivity index (χ3n) is 7.47. The molecular formula is C27H35N3O3. The third-order valence-corrected chi connectivity index (χ3v) is 7.47. The Morgan fingerprint density at radius 2 is 1.85 bits per heavy atom. The summed E-state index contributed by atoms with van der Waals surface area (Å²) >= 11 is 0. The summed E-state index contributed by atoms with van der Waals surface area (Å²) in [4.78, 5) is 18.5. The molecule has 6 heteroatoms. The zero-order valence-corrected chi connectivity index (χ0v) is 20.1. The Bertz CT molecular complexity index is 1090. The van der Waals surface area contributed by atoms with Gasteiger partial charge >= 0.3 is 5.97 Å². The molecule has 4 rings (SSSR count). The quantitative estimate of drug-likeness (QED) is 0.475. The van der Waals surface area contributed by atoms with Gasteiger partial charge in [0.1, 0.15) is 17.8 Å². The number of ether oxygens (including phenoxy) is 1. The standard InChI is InChI=1S/C27H35N3O3/c1-19(2)29(4)20(3)25(30-14-13-28-18-30)23-8-7-22-16-24(10-9-21(22)15-23)33-17-27(26(31)32)11-5-6-12-27/h7-10,13-16,18-20,25H,5-6,11-12,17H2,1-4H3,(H,31,32). The van der Waals surface area contributed by atoms with E-state index in [2.05, 4.69) is 66.5 Å². The van der Waals surface area contributed by atoms with E-state index in [0.717, 1.165) is 29.4 Å². The van der Waals surface area contributed by atoms with Gasteiger partial charge in [0.25, 0.3) is 0 Å². The van der Waals surface area contributed by atoms with Crippen LogP contribution in [0.25, 0.3) is 10.8 Å². The van der Waals surface area contributed by atoms with Crippen molar-refractivity contribution < 1.29 is 14.6 Å². The van der Waals surface area contributed by atoms with Crippen molar-refractivity contribution in [1.29, 1.82) is 0 Å². The van der Waals surface area contributed by atoms with E-state index in [0.29, 0.717) is 18.9 Å². The van der Waals surface area contributed by atoms with Crippen molar-refractivity contribution in [3.05, 3.63) is 60.7 Å². The van der Waals surface area contributed by atoms with Gasteiger partial charge in [0.2, 0.25) is 0 Å². The Hall–Kier alpha value is -2.86. The molecule has 1 N–H and O–H groups in total. The highest BCUT2D eigenvalue weighted by molar-refractivity contribution is 5.84. The maximum Gasteiger partial charge on any atom is 0.313 e. The molecule has 0 amide bonds. The molecule has 3 aromatic rings. The van der Waals surface area contributed by atoms with E-state index < -0.39 is 11.4 Å². The number of aliphatic carboxylic acids is 1. The Morgan fingerprint density at radius 1 is 1.15 bits per heavy atom. The number of imidazole rings is 1. The highest BCUT2D eigenvalue weighted by Crippen LogP contribution is 2.39. The van der Waals surface area contributed by atoms with Crippen LogP contribution in [-0.2, 0) is 4.79 Å². The summed E-state index contributed by atoms with van der Waals surface area (Å²) < 4.78 is 8.17. The molecule has 1 saturated carbocycles. The van der Waals surface area contributed by atoms with Crippen molar-refractivity contribution in [2.45, 2.75) is 64.6 Å². The Kier molecular flexibility index (Phi) is 6.75. The molecular weight excluding hydrogens is 414 g/mol. The second-order valence-corrected chi connectivity index (χ2v) is 9.80. The number of fused-ring (bicyclic) bond motifs is 1. The molecule has 0 saturated heterocycles. The van der Waals surface area contributed by atoms with Crippen LogP contribution in [0.4, 0.5) is 0 Å². The first kappa shape index (κ1) is 23.3. The summed E-state index contributed by atoms with van der Waals surface area (Å²) in [5.41, 5.74) is 0.486. The molecule has 2 unspecified atom stereocenters. The van der Waals surface area contributed by atoms with Gasteiger partial charge in [0, 0.05) is 24.5 Å². The van der Waals surface area contributed by atoms with Crippen molar-refractivity contribution >= 4 is 16.7 Å². The minimum Gasteiger partial charge on any atom is -0.492 e. The highest BCUT2D eigenvalue weighted by Gasteiger charge is 2.42. The molecule has 0 spiro atoms. The molecule has 2 atom stereocenters. The molecule has 176 valence electrons. The van der Waals surface area contributed by atoms with Gasteiger partial charge in [-0.15, -0.1) is 0 Å². The van der Waals surface area contributed by atoms with Crippen LogP contribution >= 0.6 is 0 Å². The number of nitrogens with zero attached hydrogens (tertiary/aromatic N) is 3. The predicted octanol–water partition coefficient (Wildman–Crippen LogP) is 5.38. The molecule has 2 aromatic carbocycles. The van der Waals surface area contributed by atoms with Gasteiger partial charge < -0.3 is 14.4 Å². The summed E-state index contributed by atoms with van der Waals surface area (Å²) in [6.07, 6.45) is 9.04. The minimum atomic E-state index is -0.741. The molecule has 1 aromatic heterocycles. The average molecular weight is 450 g/mol. The maximum atomic E-state index is 11.8. The smallest absolute Gasteiger partial charge is 0.313 e. The summed E-state index contributed by atoms with van der Waals surface area (Å²) in [6.45, 7) is 6.91. The number of aromatic nitrogens is 2. The summed E-state index contributed by atoms with van der Waals surface area (Å²) in [5, 5.41) is 11.9. The number of hydrogen-bond donors (Lipinski definition) is 1. The fourth-order valence-corrected chi connectivity index (χ4v) is 5.04. The largest absolute Gasteiger partial charge is 0.492 e. The maximum absolute atomic E-state index is 11.8. The number of benzene rings is 2. The van der Waals surface area contributed by atoms with Crippen LogP contribution in [0.2, 0.25) is 0 Å². The number of carbonyl (C=O) groups is 1. The van der Waals surface area contributed by atoms with Gasteiger partial charge in [-0.1, -0.05) is 31.0 Å². The molecule has 0 bridgehead atoms. The lowest BCUT2D eigenvalue weighted by atomic mass is 9.87. The van der Waals surface area contributed by atoms with Crippen molar-refractivity contribution in [3.63, 3.8) is 0 Å². The molecule has 6 nitrogen and oxygen atoms in total. The number of rotatable bonds is 9. The molecule has 1 heterocycles. The van der Waals surface area contributed by atoms with Gasteiger partial charge in [0.05, 0.1) is 12.4 Å². The lowest BCUT2D eigenvalue weighted by molar-refractivity contribution is -0.150. The predicted molar refractivity (Wildman–Crippen MR) is 131 cm³/mol. The van der Waals surface area contributed by atoms with Crippen LogP contribution in [0.3, 0.4) is 0 Å². The number of likely N-dealkylation sites (N-methyl/N-ethyl adjacent to an activating group) is 1. The van der Waals surface area contributed by atoms with Crippen molar-refractivity contribution in [2.24, 2.45) is 5.41 Å². The Morgan fingerprint density at radius 3 is 2.48 bits per heavy atom. The van der Waals surface area contributed by atoms with E-state index in [-0.39, 0.29) is 18.7 Å². The molecule has 1 aliphatic carbocycles. The first-order chi connectivity index (χ1) is 15.8. The molecule has 1 aliphatic rings. The number of hydrogen-bond acceptors (Lipinski definition) is 4. The first-order valence-electron chi connectivity index (χ1n) is 11.9. The van der Waals surface area contributed by atoms with Gasteiger partial charge in [0.15, 0.2) is 0 Å². The minimum absolute atomic E-state index is 0.137. The van der Waals surface area contributed by atoms with E-state index in [9.17, 15) is 9.90 Å². The van der Waals surface area contributed by atoms with Crippen molar-refractivity contribution in [2.75, 3.05) is 13.7 Å². The topological polar surface area (TPSA) is 67.6 Å². The van der Waals surface area contributed by atoms with Crippen LogP contribution < -0.4 is 4.74 Å². The fraction of sp³-hybridized carbons (Fsp3) is 0.481. The van der Waals surface area contributed by atoms with Crippen LogP contribution in [0.5, 0.6) is 5.75 Å². The fourth-order valence-electron chi connectivity index (χ4n) is 5.04. The van der Waals surface area contributed by atoms with Gasteiger partial charge in [-0.3, -0.25) is 9.69 Å². The summed E-state index contributed by atoms with van der Waals surface area (Å²) in [7, 11) is 2.16. The normalized spacial score (nSPS) is 17.5. The van der Waals surface area contributed by atoms with E-state index >= 15 is 0 Å². The number of carboxylic acids is 1. The Balaban J connectivity index is 1.59. The first-order valence-corrected chi connectivity index (χ1v) is 11.9. The zero-order chi connectivity index (χ0) is 23.6. The van der Waals surface area contributed by atoms with E-state index in [1.807, 2.05) is 30.9 Å². The average Bonchev–Trinajstić information content (AvgIpc) is 3.50. The molecule has 33 heavy (non-hydrogen) atoms. The second kappa shape index (κ2) is 9.56. The van der Waals surface area contributed by atoms with Crippen molar-refractivity contribution in [1.82, 2.24) is 14.5 Å². The Labute approximate surface area is 196 Å². The van der Waals surface area contributed by atoms with Crippen LogP contribution in [-0.4, -0.2) is 51.3 Å². The summed E-state index contributed by atoms with van der Waals surface area (Å²) in [5.74, 6) is -0.0155. The van der Waals surface area contributed by atoms with Crippen LogP contribution in [0, 0.1) is 5.41 Å². The molecule has 0 aliphatic heterocycles. The van der Waals surface area contributed by atoms with Gasteiger partial charge in [-0.2, -0.15) is 0 Å². The molecule has 0 radical (unpaired) electrons. The monoisotopic (exact) mass is 449 g/mol. The van der Waals surface area contributed by atoms with Gasteiger partial charge in [-0.25, -0.2) is 4.98 Å². The van der Waals surface area contributed by atoms with E-state index in [1.54, 1.807) is 0 Å². The second-order valence-electron chi connectivity index (χ2n) is 9.80.